The third-order valence-corrected chi connectivity index (χ3v) is 4.30. The second kappa shape index (κ2) is 10.3. The molecule has 0 spiro atoms. The summed E-state index contributed by atoms with van der Waals surface area (Å²) in [7, 11) is 5.19. The second-order valence-corrected chi connectivity index (χ2v) is 6.49. The van der Waals surface area contributed by atoms with Gasteiger partial charge in [0, 0.05) is 45.7 Å². The van der Waals surface area contributed by atoms with Gasteiger partial charge in [-0.05, 0) is 23.3 Å². The Hall–Kier alpha value is -2.86. The van der Waals surface area contributed by atoms with Crippen molar-refractivity contribution in [3.05, 3.63) is 71.3 Å². The van der Waals surface area contributed by atoms with Gasteiger partial charge in [-0.3, -0.25) is 9.79 Å². The molecular weight excluding hydrogens is 340 g/mol. The average molecular weight is 368 g/mol. The van der Waals surface area contributed by atoms with Gasteiger partial charge in [-0.2, -0.15) is 0 Å². The van der Waals surface area contributed by atoms with Gasteiger partial charge in [-0.1, -0.05) is 42.5 Å². The highest BCUT2D eigenvalue weighted by Crippen LogP contribution is 2.13. The summed E-state index contributed by atoms with van der Waals surface area (Å²) in [5.74, 6) is 0.654. The van der Waals surface area contributed by atoms with Crippen molar-refractivity contribution in [1.29, 1.82) is 0 Å². The number of amides is 1. The molecule has 1 unspecified atom stereocenters. The van der Waals surface area contributed by atoms with E-state index in [1.54, 1.807) is 26.0 Å². The maximum Gasteiger partial charge on any atom is 0.253 e. The van der Waals surface area contributed by atoms with Crippen molar-refractivity contribution in [2.45, 2.75) is 12.5 Å². The molecule has 3 N–H and O–H groups in total. The van der Waals surface area contributed by atoms with Crippen LogP contribution in [-0.2, 0) is 6.54 Å². The summed E-state index contributed by atoms with van der Waals surface area (Å²) in [4.78, 5) is 17.7. The minimum Gasteiger partial charge on any atom is -0.396 e. The van der Waals surface area contributed by atoms with E-state index < -0.39 is 0 Å². The summed E-state index contributed by atoms with van der Waals surface area (Å²) in [6.45, 7) is 1.23. The molecule has 2 aromatic rings. The van der Waals surface area contributed by atoms with E-state index in [1.165, 1.54) is 0 Å². The number of rotatable bonds is 7. The van der Waals surface area contributed by atoms with Crippen LogP contribution in [0.4, 0.5) is 0 Å². The van der Waals surface area contributed by atoms with Crippen LogP contribution in [-0.4, -0.2) is 56.2 Å². The molecule has 27 heavy (non-hydrogen) atoms. The molecule has 0 saturated heterocycles. The van der Waals surface area contributed by atoms with Crippen molar-refractivity contribution >= 4 is 11.9 Å². The Morgan fingerprint density at radius 3 is 2.30 bits per heavy atom. The SMILES string of the molecule is CN=C(NCc1ccc(C(=O)N(C)C)cc1)NCC(CO)c1ccccc1. The molecule has 0 saturated carbocycles. The molecule has 1 amide bonds. The van der Waals surface area contributed by atoms with Crippen LogP contribution < -0.4 is 10.6 Å². The van der Waals surface area contributed by atoms with E-state index in [0.717, 1.165) is 11.1 Å². The lowest BCUT2D eigenvalue weighted by atomic mass is 10.0. The molecule has 1 atom stereocenters. The third kappa shape index (κ3) is 6.11. The van der Waals surface area contributed by atoms with Crippen molar-refractivity contribution in [3.63, 3.8) is 0 Å². The van der Waals surface area contributed by atoms with Crippen molar-refractivity contribution in [1.82, 2.24) is 15.5 Å². The smallest absolute Gasteiger partial charge is 0.253 e. The van der Waals surface area contributed by atoms with E-state index in [2.05, 4.69) is 15.6 Å². The lowest BCUT2D eigenvalue weighted by Crippen LogP contribution is -2.39. The van der Waals surface area contributed by atoms with E-state index in [9.17, 15) is 9.90 Å². The number of nitrogens with one attached hydrogen (secondary N) is 2. The predicted octanol–water partition coefficient (Wildman–Crippen LogP) is 1.83. The lowest BCUT2D eigenvalue weighted by Gasteiger charge is -2.18. The van der Waals surface area contributed by atoms with Crippen LogP contribution in [0.3, 0.4) is 0 Å². The molecule has 0 aliphatic carbocycles. The van der Waals surface area contributed by atoms with E-state index in [0.29, 0.717) is 24.6 Å². The highest BCUT2D eigenvalue weighted by Gasteiger charge is 2.11. The number of carbonyl (C=O) groups excluding carboxylic acids is 1. The largest absolute Gasteiger partial charge is 0.396 e. The number of guanidine groups is 1. The molecule has 0 aromatic heterocycles. The van der Waals surface area contributed by atoms with Gasteiger partial charge >= 0.3 is 0 Å². The van der Waals surface area contributed by atoms with Gasteiger partial charge in [0.15, 0.2) is 5.96 Å². The lowest BCUT2D eigenvalue weighted by molar-refractivity contribution is 0.0827. The number of hydrogen-bond acceptors (Lipinski definition) is 3. The number of nitrogens with zero attached hydrogens (tertiary/aromatic N) is 2. The van der Waals surface area contributed by atoms with Crippen LogP contribution in [0.1, 0.15) is 27.4 Å². The zero-order valence-corrected chi connectivity index (χ0v) is 16.1. The summed E-state index contributed by atoms with van der Waals surface area (Å²) in [6.07, 6.45) is 0. The van der Waals surface area contributed by atoms with Gasteiger partial charge in [-0.15, -0.1) is 0 Å². The molecule has 0 radical (unpaired) electrons. The van der Waals surface area contributed by atoms with Crippen LogP contribution in [0.15, 0.2) is 59.6 Å². The molecule has 0 aliphatic rings. The molecule has 0 aliphatic heterocycles. The maximum atomic E-state index is 11.9. The van der Waals surface area contributed by atoms with Crippen LogP contribution in [0.25, 0.3) is 0 Å². The Balaban J connectivity index is 1.87. The fourth-order valence-electron chi connectivity index (χ4n) is 2.66. The Morgan fingerprint density at radius 1 is 1.07 bits per heavy atom. The number of aliphatic hydroxyl groups is 1. The average Bonchev–Trinajstić information content (AvgIpc) is 2.71. The van der Waals surface area contributed by atoms with Gasteiger partial charge in [0.05, 0.1) is 6.61 Å². The highest BCUT2D eigenvalue weighted by molar-refractivity contribution is 5.93. The molecule has 2 aromatic carbocycles. The van der Waals surface area contributed by atoms with E-state index in [4.69, 9.17) is 0 Å². The molecule has 0 heterocycles. The van der Waals surface area contributed by atoms with Crippen molar-refractivity contribution in [2.75, 3.05) is 34.3 Å². The van der Waals surface area contributed by atoms with E-state index >= 15 is 0 Å². The summed E-state index contributed by atoms with van der Waals surface area (Å²) in [6, 6.07) is 17.4. The van der Waals surface area contributed by atoms with Crippen molar-refractivity contribution in [2.24, 2.45) is 4.99 Å². The standard InChI is InChI=1S/C21H28N4O2/c1-22-21(24-14-19(15-26)17-7-5-4-6-8-17)23-13-16-9-11-18(12-10-16)20(27)25(2)3/h4-12,19,26H,13-15H2,1-3H3,(H2,22,23,24). The zero-order valence-electron chi connectivity index (χ0n) is 16.1. The summed E-state index contributed by atoms with van der Waals surface area (Å²) >= 11 is 0. The van der Waals surface area contributed by atoms with Crippen LogP contribution >= 0.6 is 0 Å². The Morgan fingerprint density at radius 2 is 1.74 bits per heavy atom. The second-order valence-electron chi connectivity index (χ2n) is 6.49. The first-order chi connectivity index (χ1) is 13.0. The van der Waals surface area contributed by atoms with Crippen LogP contribution in [0.5, 0.6) is 0 Å². The van der Waals surface area contributed by atoms with E-state index in [1.807, 2.05) is 54.6 Å². The highest BCUT2D eigenvalue weighted by atomic mass is 16.3. The fraction of sp³-hybridized carbons (Fsp3) is 0.333. The first kappa shape index (κ1) is 20.5. The third-order valence-electron chi connectivity index (χ3n) is 4.30. The number of aliphatic imine (C=N–C) groups is 1. The zero-order chi connectivity index (χ0) is 19.6. The van der Waals surface area contributed by atoms with Gasteiger partial charge < -0.3 is 20.6 Å². The van der Waals surface area contributed by atoms with Gasteiger partial charge in [0.1, 0.15) is 0 Å². The van der Waals surface area contributed by atoms with Gasteiger partial charge in [-0.25, -0.2) is 0 Å². The number of benzene rings is 2. The van der Waals surface area contributed by atoms with Gasteiger partial charge in [0.25, 0.3) is 5.91 Å². The fourth-order valence-corrected chi connectivity index (χ4v) is 2.66. The number of hydrogen-bond donors (Lipinski definition) is 3. The quantitative estimate of drug-likeness (QED) is 0.515. The first-order valence-electron chi connectivity index (χ1n) is 8.96. The minimum absolute atomic E-state index is 0.000999. The molecule has 0 bridgehead atoms. The monoisotopic (exact) mass is 368 g/mol. The van der Waals surface area contributed by atoms with Crippen LogP contribution in [0.2, 0.25) is 0 Å². The molecule has 6 heteroatoms. The molecule has 6 nitrogen and oxygen atoms in total. The molecule has 144 valence electrons. The molecular formula is C21H28N4O2. The normalized spacial score (nSPS) is 12.4. The number of carbonyl (C=O) groups is 1. The topological polar surface area (TPSA) is 77.0 Å². The first-order valence-corrected chi connectivity index (χ1v) is 8.96. The Kier molecular flexibility index (Phi) is 7.82. The summed E-state index contributed by atoms with van der Waals surface area (Å²) < 4.78 is 0. The number of aliphatic hydroxyl groups excluding tert-OH is 1. The van der Waals surface area contributed by atoms with Crippen molar-refractivity contribution in [3.8, 4) is 0 Å². The molecule has 2 rings (SSSR count). The maximum absolute atomic E-state index is 11.9. The van der Waals surface area contributed by atoms with Crippen LogP contribution in [0, 0.1) is 0 Å². The van der Waals surface area contributed by atoms with Gasteiger partial charge in [0.2, 0.25) is 0 Å². The van der Waals surface area contributed by atoms with Crippen molar-refractivity contribution < 1.29 is 9.90 Å². The summed E-state index contributed by atoms with van der Waals surface area (Å²) in [5.41, 5.74) is 2.80. The molecule has 0 fully saturated rings. The Bertz CT molecular complexity index is 743. The Labute approximate surface area is 160 Å². The minimum atomic E-state index is -0.0112. The predicted molar refractivity (Wildman–Crippen MR) is 109 cm³/mol. The summed E-state index contributed by atoms with van der Waals surface area (Å²) in [5, 5.41) is 16.2. The van der Waals surface area contributed by atoms with E-state index in [-0.39, 0.29) is 18.4 Å².